The summed E-state index contributed by atoms with van der Waals surface area (Å²) in [7, 11) is 1.81. The molecule has 0 saturated carbocycles. The molecule has 1 fully saturated rings. The zero-order valence-electron chi connectivity index (χ0n) is 11.8. The van der Waals surface area contributed by atoms with Crippen LogP contribution in [-0.4, -0.2) is 48.8 Å². The van der Waals surface area contributed by atoms with Crippen LogP contribution in [0.5, 0.6) is 0 Å². The summed E-state index contributed by atoms with van der Waals surface area (Å²) in [6, 6.07) is 5.63. The van der Waals surface area contributed by atoms with Gasteiger partial charge in [-0.2, -0.15) is 0 Å². The van der Waals surface area contributed by atoms with Gasteiger partial charge in [0, 0.05) is 24.8 Å². The molecule has 4 nitrogen and oxygen atoms in total. The molecule has 1 N–H and O–H groups in total. The Morgan fingerprint density at radius 1 is 1.55 bits per heavy atom. The monoisotopic (exact) mass is 273 g/mol. The van der Waals surface area contributed by atoms with E-state index in [4.69, 9.17) is 9.84 Å². The van der Waals surface area contributed by atoms with E-state index in [9.17, 15) is 4.79 Å². The number of amides is 1. The van der Waals surface area contributed by atoms with Crippen molar-refractivity contribution in [2.45, 2.75) is 19.4 Å². The lowest BCUT2D eigenvalue weighted by Gasteiger charge is -2.23. The first-order chi connectivity index (χ1) is 9.63. The number of aryl methyl sites for hydroxylation is 1. The molecule has 0 aliphatic carbocycles. The van der Waals surface area contributed by atoms with Gasteiger partial charge in [0.2, 0.25) is 0 Å². The van der Waals surface area contributed by atoms with Crippen LogP contribution >= 0.6 is 0 Å². The van der Waals surface area contributed by atoms with E-state index in [2.05, 4.69) is 11.8 Å². The van der Waals surface area contributed by atoms with Crippen molar-refractivity contribution < 1.29 is 14.6 Å². The van der Waals surface area contributed by atoms with Crippen molar-refractivity contribution in [1.82, 2.24) is 4.90 Å². The van der Waals surface area contributed by atoms with Crippen LogP contribution in [0.25, 0.3) is 0 Å². The summed E-state index contributed by atoms with van der Waals surface area (Å²) < 4.78 is 5.32. The number of carbonyl (C=O) groups is 1. The number of hydrogen-bond donors (Lipinski definition) is 1. The van der Waals surface area contributed by atoms with Crippen molar-refractivity contribution in [3.63, 3.8) is 0 Å². The van der Waals surface area contributed by atoms with Gasteiger partial charge in [-0.3, -0.25) is 4.79 Å². The maximum Gasteiger partial charge on any atom is 0.253 e. The summed E-state index contributed by atoms with van der Waals surface area (Å²) in [6.07, 6.45) is 0.880. The van der Waals surface area contributed by atoms with Crippen LogP contribution < -0.4 is 0 Å². The second-order valence-electron chi connectivity index (χ2n) is 4.92. The molecule has 0 bridgehead atoms. The molecule has 0 aromatic heterocycles. The van der Waals surface area contributed by atoms with Crippen LogP contribution in [0.4, 0.5) is 0 Å². The average molecular weight is 273 g/mol. The molecule has 1 saturated heterocycles. The molecule has 0 radical (unpaired) electrons. The van der Waals surface area contributed by atoms with E-state index in [0.717, 1.165) is 17.5 Å². The molecule has 106 valence electrons. The molecule has 20 heavy (non-hydrogen) atoms. The molecule has 1 heterocycles. The van der Waals surface area contributed by atoms with Crippen molar-refractivity contribution in [1.29, 1.82) is 0 Å². The SMILES string of the molecule is Cc1ccc(C(=O)N(C)C2CCOC2)cc1C#CCO. The van der Waals surface area contributed by atoms with Crippen molar-refractivity contribution in [2.75, 3.05) is 26.9 Å². The van der Waals surface area contributed by atoms with Gasteiger partial charge < -0.3 is 14.7 Å². The standard InChI is InChI=1S/C16H19NO3/c1-12-5-6-14(10-13(12)4-3-8-18)16(19)17(2)15-7-9-20-11-15/h5-6,10,15,18H,7-9,11H2,1-2H3. The summed E-state index contributed by atoms with van der Waals surface area (Å²) in [5.41, 5.74) is 2.39. The third kappa shape index (κ3) is 3.19. The van der Waals surface area contributed by atoms with Crippen LogP contribution in [0.1, 0.15) is 27.9 Å². The minimum absolute atomic E-state index is 0.0208. The van der Waals surface area contributed by atoms with Crippen LogP contribution in [-0.2, 0) is 4.74 Å². The number of nitrogens with zero attached hydrogens (tertiary/aromatic N) is 1. The average Bonchev–Trinajstić information content (AvgIpc) is 2.99. The van der Waals surface area contributed by atoms with Crippen LogP contribution in [0.2, 0.25) is 0 Å². The molecule has 2 rings (SSSR count). The van der Waals surface area contributed by atoms with E-state index in [0.29, 0.717) is 18.8 Å². The van der Waals surface area contributed by atoms with Gasteiger partial charge in [-0.1, -0.05) is 17.9 Å². The largest absolute Gasteiger partial charge is 0.384 e. The Morgan fingerprint density at radius 2 is 2.35 bits per heavy atom. The van der Waals surface area contributed by atoms with Crippen molar-refractivity contribution in [3.8, 4) is 11.8 Å². The lowest BCUT2D eigenvalue weighted by Crippen LogP contribution is -2.37. The highest BCUT2D eigenvalue weighted by atomic mass is 16.5. The number of benzene rings is 1. The number of aliphatic hydroxyl groups is 1. The van der Waals surface area contributed by atoms with E-state index in [1.54, 1.807) is 18.0 Å². The Labute approximate surface area is 119 Å². The van der Waals surface area contributed by atoms with Crippen molar-refractivity contribution in [2.24, 2.45) is 0 Å². The molecule has 1 unspecified atom stereocenters. The fourth-order valence-corrected chi connectivity index (χ4v) is 2.22. The maximum absolute atomic E-state index is 12.4. The first-order valence-corrected chi connectivity index (χ1v) is 6.68. The third-order valence-electron chi connectivity index (χ3n) is 3.56. The van der Waals surface area contributed by atoms with E-state index in [1.165, 1.54) is 0 Å². The zero-order chi connectivity index (χ0) is 14.5. The Kier molecular flexibility index (Phi) is 4.78. The van der Waals surface area contributed by atoms with Gasteiger partial charge in [0.1, 0.15) is 6.61 Å². The lowest BCUT2D eigenvalue weighted by atomic mass is 10.0. The molecule has 1 aliphatic heterocycles. The van der Waals surface area contributed by atoms with Gasteiger partial charge in [-0.15, -0.1) is 0 Å². The van der Waals surface area contributed by atoms with Gasteiger partial charge in [0.25, 0.3) is 5.91 Å². The maximum atomic E-state index is 12.4. The second kappa shape index (κ2) is 6.56. The third-order valence-corrected chi connectivity index (χ3v) is 3.56. The fraction of sp³-hybridized carbons (Fsp3) is 0.438. The minimum Gasteiger partial charge on any atom is -0.384 e. The number of ether oxygens (including phenoxy) is 1. The number of carbonyl (C=O) groups excluding carboxylic acids is 1. The Hall–Kier alpha value is -1.83. The van der Waals surface area contributed by atoms with Gasteiger partial charge in [-0.25, -0.2) is 0 Å². The molecule has 1 aliphatic rings. The smallest absolute Gasteiger partial charge is 0.253 e. The van der Waals surface area contributed by atoms with Gasteiger partial charge in [0.05, 0.1) is 12.6 Å². The summed E-state index contributed by atoms with van der Waals surface area (Å²) in [4.78, 5) is 14.2. The molecule has 1 aromatic carbocycles. The molecule has 4 heteroatoms. The highest BCUT2D eigenvalue weighted by molar-refractivity contribution is 5.94. The van der Waals surface area contributed by atoms with E-state index in [-0.39, 0.29) is 18.6 Å². The predicted octanol–water partition coefficient (Wildman–Crippen LogP) is 1.20. The van der Waals surface area contributed by atoms with Crippen molar-refractivity contribution >= 4 is 5.91 Å². The van der Waals surface area contributed by atoms with E-state index >= 15 is 0 Å². The summed E-state index contributed by atoms with van der Waals surface area (Å²) in [5, 5.41) is 8.77. The topological polar surface area (TPSA) is 49.8 Å². The first-order valence-electron chi connectivity index (χ1n) is 6.68. The first kappa shape index (κ1) is 14.6. The zero-order valence-corrected chi connectivity index (χ0v) is 11.8. The fourth-order valence-electron chi connectivity index (χ4n) is 2.22. The Bertz CT molecular complexity index is 551. The summed E-state index contributed by atoms with van der Waals surface area (Å²) in [6.45, 7) is 3.07. The van der Waals surface area contributed by atoms with Crippen LogP contribution in [0.3, 0.4) is 0 Å². The predicted molar refractivity (Wildman–Crippen MR) is 76.5 cm³/mol. The second-order valence-corrected chi connectivity index (χ2v) is 4.92. The lowest BCUT2D eigenvalue weighted by molar-refractivity contribution is 0.0711. The molecule has 1 atom stereocenters. The minimum atomic E-state index is -0.184. The normalized spacial score (nSPS) is 17.4. The quantitative estimate of drug-likeness (QED) is 0.824. The number of rotatable bonds is 2. The van der Waals surface area contributed by atoms with Gasteiger partial charge in [-0.05, 0) is 31.0 Å². The molecular weight excluding hydrogens is 254 g/mol. The van der Waals surface area contributed by atoms with E-state index in [1.807, 2.05) is 19.1 Å². The molecular formula is C16H19NO3. The molecule has 1 aromatic rings. The number of aliphatic hydroxyl groups excluding tert-OH is 1. The number of hydrogen-bond acceptors (Lipinski definition) is 3. The van der Waals surface area contributed by atoms with Gasteiger partial charge in [0.15, 0.2) is 0 Å². The summed E-state index contributed by atoms with van der Waals surface area (Å²) >= 11 is 0. The Morgan fingerprint density at radius 3 is 3.00 bits per heavy atom. The summed E-state index contributed by atoms with van der Waals surface area (Å²) in [5.74, 6) is 5.47. The number of likely N-dealkylation sites (N-methyl/N-ethyl adjacent to an activating group) is 1. The Balaban J connectivity index is 2.21. The van der Waals surface area contributed by atoms with E-state index < -0.39 is 0 Å². The van der Waals surface area contributed by atoms with Crippen LogP contribution in [0, 0.1) is 18.8 Å². The molecule has 1 amide bonds. The van der Waals surface area contributed by atoms with Crippen LogP contribution in [0.15, 0.2) is 18.2 Å². The van der Waals surface area contributed by atoms with Gasteiger partial charge >= 0.3 is 0 Å². The highest BCUT2D eigenvalue weighted by Gasteiger charge is 2.25. The molecule has 0 spiro atoms. The highest BCUT2D eigenvalue weighted by Crippen LogP contribution is 2.16. The van der Waals surface area contributed by atoms with Crippen molar-refractivity contribution in [3.05, 3.63) is 34.9 Å².